The van der Waals surface area contributed by atoms with E-state index in [1.165, 1.54) is 0 Å². The van der Waals surface area contributed by atoms with Crippen LogP contribution in [0.5, 0.6) is 0 Å². The Hall–Kier alpha value is -2.93. The summed E-state index contributed by atoms with van der Waals surface area (Å²) in [5, 5.41) is 6.53. The van der Waals surface area contributed by atoms with Crippen LogP contribution in [0.25, 0.3) is 21.7 Å². The van der Waals surface area contributed by atoms with Gasteiger partial charge in [-0.1, -0.05) is 34.1 Å². The number of furan rings is 1. The van der Waals surface area contributed by atoms with Crippen molar-refractivity contribution in [2.24, 2.45) is 0 Å². The lowest BCUT2D eigenvalue weighted by molar-refractivity contribution is -0.144. The molecule has 7 heteroatoms. The average molecular weight is 441 g/mol. The SMILES string of the molecule is Cc1nn(CC(=O)OCCc2cc3cc(Br)ccc3o2)c(=O)c2ccccc12. The number of fused-ring (bicyclic) bond motifs is 2. The van der Waals surface area contributed by atoms with E-state index >= 15 is 0 Å². The van der Waals surface area contributed by atoms with Gasteiger partial charge in [-0.2, -0.15) is 5.10 Å². The fourth-order valence-corrected chi connectivity index (χ4v) is 3.52. The van der Waals surface area contributed by atoms with Crippen molar-refractivity contribution >= 4 is 43.6 Å². The highest BCUT2D eigenvalue weighted by Crippen LogP contribution is 2.23. The third-order valence-corrected chi connectivity index (χ3v) is 4.97. The molecule has 6 nitrogen and oxygen atoms in total. The highest BCUT2D eigenvalue weighted by Gasteiger charge is 2.12. The first-order chi connectivity index (χ1) is 13.5. The molecule has 0 saturated carbocycles. The van der Waals surface area contributed by atoms with E-state index in [0.717, 1.165) is 31.3 Å². The summed E-state index contributed by atoms with van der Waals surface area (Å²) in [6.45, 7) is 1.75. The van der Waals surface area contributed by atoms with Gasteiger partial charge < -0.3 is 9.15 Å². The number of aromatic nitrogens is 2. The molecule has 2 aromatic carbocycles. The number of aryl methyl sites for hydroxylation is 1. The van der Waals surface area contributed by atoms with Gasteiger partial charge in [0.1, 0.15) is 17.9 Å². The monoisotopic (exact) mass is 440 g/mol. The van der Waals surface area contributed by atoms with E-state index in [-0.39, 0.29) is 18.7 Å². The lowest BCUT2D eigenvalue weighted by Gasteiger charge is -2.08. The summed E-state index contributed by atoms with van der Waals surface area (Å²) in [5.41, 5.74) is 1.17. The van der Waals surface area contributed by atoms with Crippen LogP contribution in [0.2, 0.25) is 0 Å². The van der Waals surface area contributed by atoms with Crippen LogP contribution in [0.4, 0.5) is 0 Å². The maximum absolute atomic E-state index is 12.5. The van der Waals surface area contributed by atoms with Crippen molar-refractivity contribution in [2.45, 2.75) is 19.9 Å². The van der Waals surface area contributed by atoms with Crippen LogP contribution < -0.4 is 5.56 Å². The first-order valence-corrected chi connectivity index (χ1v) is 9.60. The molecule has 0 spiro atoms. The molecule has 0 fully saturated rings. The second-order valence-corrected chi connectivity index (χ2v) is 7.37. The van der Waals surface area contributed by atoms with Crippen molar-refractivity contribution in [3.8, 4) is 0 Å². The zero-order valence-electron chi connectivity index (χ0n) is 15.1. The largest absolute Gasteiger partial charge is 0.464 e. The molecular formula is C21H17BrN2O4. The number of nitrogens with zero attached hydrogens (tertiary/aromatic N) is 2. The average Bonchev–Trinajstić information content (AvgIpc) is 3.07. The van der Waals surface area contributed by atoms with Crippen molar-refractivity contribution in [1.82, 2.24) is 9.78 Å². The lowest BCUT2D eigenvalue weighted by atomic mass is 10.1. The molecule has 0 aliphatic rings. The molecule has 4 aromatic rings. The van der Waals surface area contributed by atoms with E-state index in [1.807, 2.05) is 43.3 Å². The molecule has 0 N–H and O–H groups in total. The fourth-order valence-electron chi connectivity index (χ4n) is 3.14. The maximum atomic E-state index is 12.5. The van der Waals surface area contributed by atoms with Gasteiger partial charge in [-0.25, -0.2) is 4.68 Å². The summed E-state index contributed by atoms with van der Waals surface area (Å²) >= 11 is 3.43. The van der Waals surface area contributed by atoms with E-state index in [1.54, 1.807) is 12.1 Å². The first-order valence-electron chi connectivity index (χ1n) is 8.81. The number of carbonyl (C=O) groups is 1. The van der Waals surface area contributed by atoms with E-state index in [2.05, 4.69) is 21.0 Å². The van der Waals surface area contributed by atoms with Gasteiger partial charge in [0.05, 0.1) is 17.7 Å². The molecule has 0 atom stereocenters. The van der Waals surface area contributed by atoms with Crippen LogP contribution in [0.15, 0.2) is 62.2 Å². The van der Waals surface area contributed by atoms with Gasteiger partial charge in [0.2, 0.25) is 0 Å². The summed E-state index contributed by atoms with van der Waals surface area (Å²) in [6, 6.07) is 14.9. The summed E-state index contributed by atoms with van der Waals surface area (Å²) in [4.78, 5) is 24.7. The molecule has 0 aliphatic heterocycles. The Labute approximate surface area is 168 Å². The molecule has 0 bridgehead atoms. The molecule has 0 unspecified atom stereocenters. The number of halogens is 1. The van der Waals surface area contributed by atoms with E-state index < -0.39 is 5.97 Å². The molecule has 4 rings (SSSR count). The number of ether oxygens (including phenoxy) is 1. The topological polar surface area (TPSA) is 74.3 Å². The minimum atomic E-state index is -0.511. The van der Waals surface area contributed by atoms with Gasteiger partial charge in [0.25, 0.3) is 5.56 Å². The van der Waals surface area contributed by atoms with Crippen LogP contribution in [-0.4, -0.2) is 22.4 Å². The van der Waals surface area contributed by atoms with Crippen molar-refractivity contribution in [2.75, 3.05) is 6.61 Å². The normalized spacial score (nSPS) is 11.2. The predicted octanol–water partition coefficient (Wildman–Crippen LogP) is 4.00. The molecule has 0 saturated heterocycles. The molecule has 0 amide bonds. The number of esters is 1. The molecule has 0 radical (unpaired) electrons. The number of rotatable bonds is 5. The standard InChI is InChI=1S/C21H17BrN2O4/c1-13-17-4-2-3-5-18(17)21(26)24(23-13)12-20(25)27-9-8-16-11-14-10-15(22)6-7-19(14)28-16/h2-7,10-11H,8-9,12H2,1H3. The molecule has 28 heavy (non-hydrogen) atoms. The minimum Gasteiger partial charge on any atom is -0.464 e. The van der Waals surface area contributed by atoms with Crippen LogP contribution in [0.3, 0.4) is 0 Å². The second-order valence-electron chi connectivity index (χ2n) is 6.46. The third-order valence-electron chi connectivity index (χ3n) is 4.47. The van der Waals surface area contributed by atoms with Gasteiger partial charge in [-0.05, 0) is 37.3 Å². The van der Waals surface area contributed by atoms with Gasteiger partial charge in [-0.3, -0.25) is 9.59 Å². The second kappa shape index (κ2) is 7.59. The molecule has 2 aromatic heterocycles. The molecule has 0 aliphatic carbocycles. The highest BCUT2D eigenvalue weighted by atomic mass is 79.9. The Bertz CT molecular complexity index is 1240. The number of benzene rings is 2. The number of hydrogen-bond donors (Lipinski definition) is 0. The quantitative estimate of drug-likeness (QED) is 0.438. The molecular weight excluding hydrogens is 424 g/mol. The third kappa shape index (κ3) is 3.71. The lowest BCUT2D eigenvalue weighted by Crippen LogP contribution is -2.28. The van der Waals surface area contributed by atoms with Crippen molar-refractivity contribution in [1.29, 1.82) is 0 Å². The number of carbonyl (C=O) groups excluding carboxylic acids is 1. The maximum Gasteiger partial charge on any atom is 0.327 e. The van der Waals surface area contributed by atoms with Gasteiger partial charge in [-0.15, -0.1) is 0 Å². The fraction of sp³-hybridized carbons (Fsp3) is 0.190. The highest BCUT2D eigenvalue weighted by molar-refractivity contribution is 9.10. The molecule has 2 heterocycles. The Morgan fingerprint density at radius 1 is 1.18 bits per heavy atom. The van der Waals surface area contributed by atoms with E-state index in [4.69, 9.17) is 9.15 Å². The van der Waals surface area contributed by atoms with Gasteiger partial charge >= 0.3 is 5.97 Å². The number of hydrogen-bond acceptors (Lipinski definition) is 5. The van der Waals surface area contributed by atoms with Crippen molar-refractivity contribution in [3.05, 3.63) is 74.8 Å². The van der Waals surface area contributed by atoms with Crippen molar-refractivity contribution < 1.29 is 13.9 Å². The summed E-state index contributed by atoms with van der Waals surface area (Å²) < 4.78 is 13.1. The first kappa shape index (κ1) is 18.4. The van der Waals surface area contributed by atoms with E-state index in [0.29, 0.717) is 17.5 Å². The van der Waals surface area contributed by atoms with Crippen LogP contribution in [0.1, 0.15) is 11.5 Å². The Kier molecular flexibility index (Phi) is 5.00. The minimum absolute atomic E-state index is 0.168. The molecule has 142 valence electrons. The van der Waals surface area contributed by atoms with Gasteiger partial charge in [0, 0.05) is 21.7 Å². The van der Waals surface area contributed by atoms with Crippen molar-refractivity contribution in [3.63, 3.8) is 0 Å². The van der Waals surface area contributed by atoms with E-state index in [9.17, 15) is 9.59 Å². The van der Waals surface area contributed by atoms with Crippen LogP contribution >= 0.6 is 15.9 Å². The van der Waals surface area contributed by atoms with Crippen LogP contribution in [-0.2, 0) is 22.5 Å². The Morgan fingerprint density at radius 3 is 2.79 bits per heavy atom. The predicted molar refractivity (Wildman–Crippen MR) is 109 cm³/mol. The van der Waals surface area contributed by atoms with Gasteiger partial charge in [0.15, 0.2) is 0 Å². The summed E-state index contributed by atoms with van der Waals surface area (Å²) in [5.74, 6) is 0.223. The zero-order chi connectivity index (χ0) is 19.7. The zero-order valence-corrected chi connectivity index (χ0v) is 16.7. The summed E-state index contributed by atoms with van der Waals surface area (Å²) in [7, 11) is 0. The van der Waals surface area contributed by atoms with Crippen LogP contribution in [0, 0.1) is 6.92 Å². The Balaban J connectivity index is 1.41. The smallest absolute Gasteiger partial charge is 0.327 e. The summed E-state index contributed by atoms with van der Waals surface area (Å²) in [6.07, 6.45) is 0.455. The Morgan fingerprint density at radius 2 is 1.96 bits per heavy atom.